The highest BCUT2D eigenvalue weighted by atomic mass is 32.1. The topological polar surface area (TPSA) is 9.23 Å². The Kier molecular flexibility index (Phi) is 2.84. The van der Waals surface area contributed by atoms with E-state index in [0.717, 1.165) is 16.9 Å². The molecule has 2 heterocycles. The normalized spacial score (nSPS) is 14.1. The predicted molar refractivity (Wildman–Crippen MR) is 71.0 cm³/mol. The van der Waals surface area contributed by atoms with Crippen molar-refractivity contribution in [1.29, 1.82) is 0 Å². The van der Waals surface area contributed by atoms with Crippen molar-refractivity contribution in [1.82, 2.24) is 0 Å². The molecule has 1 aliphatic rings. The van der Waals surface area contributed by atoms with Crippen molar-refractivity contribution >= 4 is 21.4 Å². The summed E-state index contributed by atoms with van der Waals surface area (Å²) in [6, 6.07) is 8.31. The third-order valence-electron chi connectivity index (χ3n) is 2.56. The largest absolute Gasteiger partial charge is 0.368 e. The van der Waals surface area contributed by atoms with Crippen molar-refractivity contribution in [2.75, 3.05) is 13.2 Å². The number of thiophene rings is 1. The van der Waals surface area contributed by atoms with Crippen LogP contribution in [0.5, 0.6) is 0 Å². The first kappa shape index (κ1) is 10.4. The Morgan fingerprint density at radius 2 is 2.06 bits per heavy atom. The van der Waals surface area contributed by atoms with Crippen LogP contribution in [-0.2, 0) is 4.74 Å². The van der Waals surface area contributed by atoms with E-state index < -0.39 is 0 Å². The van der Waals surface area contributed by atoms with E-state index in [1.165, 1.54) is 10.1 Å². The molecule has 0 saturated carbocycles. The Hall–Kier alpha value is -1.74. The second-order valence-corrected chi connectivity index (χ2v) is 4.76. The van der Waals surface area contributed by atoms with E-state index in [0.29, 0.717) is 13.2 Å². The van der Waals surface area contributed by atoms with Gasteiger partial charge in [0.15, 0.2) is 0 Å². The van der Waals surface area contributed by atoms with Crippen molar-refractivity contribution in [3.8, 4) is 23.7 Å². The van der Waals surface area contributed by atoms with Crippen LogP contribution >= 0.6 is 11.3 Å². The van der Waals surface area contributed by atoms with Crippen molar-refractivity contribution in [3.05, 3.63) is 34.7 Å². The lowest BCUT2D eigenvalue weighted by Gasteiger charge is -1.95. The van der Waals surface area contributed by atoms with E-state index in [9.17, 15) is 0 Å². The number of fused-ring (bicyclic) bond motifs is 3. The quantitative estimate of drug-likeness (QED) is 0.641. The lowest BCUT2D eigenvalue weighted by Crippen LogP contribution is -1.94. The highest BCUT2D eigenvalue weighted by Gasteiger charge is 2.07. The smallest absolute Gasteiger partial charge is 0.108 e. The second kappa shape index (κ2) is 4.63. The summed E-state index contributed by atoms with van der Waals surface area (Å²) in [5.41, 5.74) is 1.06. The summed E-state index contributed by atoms with van der Waals surface area (Å²) < 4.78 is 6.59. The van der Waals surface area contributed by atoms with Crippen LogP contribution in [0.4, 0.5) is 0 Å². The lowest BCUT2D eigenvalue weighted by atomic mass is 10.1. The molecule has 0 atom stereocenters. The molecular weight excluding hydrogens is 228 g/mol. The first-order valence-corrected chi connectivity index (χ1v) is 6.34. The average Bonchev–Trinajstić information content (AvgIpc) is 2.72. The van der Waals surface area contributed by atoms with Gasteiger partial charge in [-0.25, -0.2) is 0 Å². The maximum Gasteiger partial charge on any atom is 0.108 e. The van der Waals surface area contributed by atoms with Gasteiger partial charge in [-0.1, -0.05) is 41.9 Å². The third-order valence-corrected chi connectivity index (χ3v) is 3.64. The fourth-order valence-corrected chi connectivity index (χ4v) is 2.80. The van der Waals surface area contributed by atoms with E-state index in [2.05, 4.69) is 41.9 Å². The molecule has 1 aliphatic heterocycles. The molecule has 0 fully saturated rings. The van der Waals surface area contributed by atoms with Crippen molar-refractivity contribution in [2.45, 2.75) is 6.42 Å². The van der Waals surface area contributed by atoms with E-state index in [1.54, 1.807) is 11.3 Å². The van der Waals surface area contributed by atoms with Gasteiger partial charge in [0.2, 0.25) is 0 Å². The summed E-state index contributed by atoms with van der Waals surface area (Å²) in [6.07, 6.45) is 0.773. The van der Waals surface area contributed by atoms with Gasteiger partial charge in [-0.05, 0) is 6.07 Å². The van der Waals surface area contributed by atoms with Gasteiger partial charge < -0.3 is 4.74 Å². The molecule has 3 rings (SSSR count). The highest BCUT2D eigenvalue weighted by Crippen LogP contribution is 2.30. The minimum atomic E-state index is 0.491. The molecule has 0 saturated heterocycles. The van der Waals surface area contributed by atoms with Crippen LogP contribution in [0.3, 0.4) is 0 Å². The summed E-state index contributed by atoms with van der Waals surface area (Å²) in [4.78, 5) is 1.08. The molecule has 0 spiro atoms. The average molecular weight is 238 g/mol. The molecule has 0 N–H and O–H groups in total. The van der Waals surface area contributed by atoms with Crippen LogP contribution in [0, 0.1) is 23.7 Å². The molecule has 82 valence electrons. The maximum atomic E-state index is 5.34. The molecule has 0 bridgehead atoms. The van der Waals surface area contributed by atoms with Crippen molar-refractivity contribution in [3.63, 3.8) is 0 Å². The molecule has 0 radical (unpaired) electrons. The monoisotopic (exact) mass is 238 g/mol. The van der Waals surface area contributed by atoms with Gasteiger partial charge in [0.05, 0.1) is 17.0 Å². The van der Waals surface area contributed by atoms with Gasteiger partial charge in [-0.3, -0.25) is 0 Å². The first-order valence-electron chi connectivity index (χ1n) is 5.52. The van der Waals surface area contributed by atoms with Gasteiger partial charge in [0, 0.05) is 16.5 Å². The fraction of sp³-hybridized carbons (Fsp3) is 0.200. The van der Waals surface area contributed by atoms with Crippen molar-refractivity contribution in [2.24, 2.45) is 0 Å². The van der Waals surface area contributed by atoms with Crippen LogP contribution in [0.15, 0.2) is 24.3 Å². The summed E-state index contributed by atoms with van der Waals surface area (Å²) in [5, 5.41) is 1.20. The number of hydrogen-bond donors (Lipinski definition) is 0. The van der Waals surface area contributed by atoms with Crippen molar-refractivity contribution < 1.29 is 4.74 Å². The number of hydrogen-bond acceptors (Lipinski definition) is 2. The second-order valence-electron chi connectivity index (χ2n) is 3.71. The Balaban J connectivity index is 2.24. The number of benzene rings is 1. The minimum Gasteiger partial charge on any atom is -0.368 e. The molecule has 17 heavy (non-hydrogen) atoms. The maximum absolute atomic E-state index is 5.34. The zero-order chi connectivity index (χ0) is 11.5. The predicted octanol–water partition coefficient (Wildman–Crippen LogP) is 3.02. The van der Waals surface area contributed by atoms with Gasteiger partial charge >= 0.3 is 0 Å². The Morgan fingerprint density at radius 3 is 3.06 bits per heavy atom. The molecule has 2 aromatic rings. The fourth-order valence-electron chi connectivity index (χ4n) is 1.77. The van der Waals surface area contributed by atoms with Crippen LogP contribution in [0.25, 0.3) is 10.1 Å². The zero-order valence-corrected chi connectivity index (χ0v) is 10.1. The number of rotatable bonds is 0. The van der Waals surface area contributed by atoms with Gasteiger partial charge in [0.25, 0.3) is 0 Å². The molecule has 1 aromatic heterocycles. The molecular formula is C15H10OS. The SMILES string of the molecule is C1#Cc2sc3ccccc3c2C#CCOCC1. The van der Waals surface area contributed by atoms with Crippen LogP contribution in [0.2, 0.25) is 0 Å². The van der Waals surface area contributed by atoms with Gasteiger partial charge in [0.1, 0.15) is 6.61 Å². The molecule has 0 unspecified atom stereocenters. The Labute approximate surface area is 104 Å². The third kappa shape index (κ3) is 2.06. The molecule has 0 aliphatic carbocycles. The standard InChI is InChI=1S/C15H10OS/c1-2-8-14-12(6-1)13-7-5-11-16-10-4-3-9-15(13)17-14/h1-2,6,8H,4,10-11H2. The Morgan fingerprint density at radius 1 is 1.12 bits per heavy atom. The molecule has 0 amide bonds. The van der Waals surface area contributed by atoms with Crippen LogP contribution < -0.4 is 0 Å². The Bertz CT molecular complexity index is 673. The lowest BCUT2D eigenvalue weighted by molar-refractivity contribution is 0.174. The molecule has 2 heteroatoms. The van der Waals surface area contributed by atoms with E-state index in [-0.39, 0.29) is 0 Å². The number of ether oxygens (including phenoxy) is 1. The summed E-state index contributed by atoms with van der Waals surface area (Å²) >= 11 is 1.72. The van der Waals surface area contributed by atoms with Crippen LogP contribution in [-0.4, -0.2) is 13.2 Å². The van der Waals surface area contributed by atoms with Gasteiger partial charge in [-0.2, -0.15) is 0 Å². The molecule has 1 nitrogen and oxygen atoms in total. The van der Waals surface area contributed by atoms with Gasteiger partial charge in [-0.15, -0.1) is 11.3 Å². The van der Waals surface area contributed by atoms with Crippen LogP contribution in [0.1, 0.15) is 16.9 Å². The highest BCUT2D eigenvalue weighted by molar-refractivity contribution is 7.19. The van der Waals surface area contributed by atoms with E-state index >= 15 is 0 Å². The van der Waals surface area contributed by atoms with E-state index in [1.807, 2.05) is 6.07 Å². The molecule has 1 aromatic carbocycles. The summed E-state index contributed by atoms with van der Waals surface area (Å²) in [7, 11) is 0. The minimum absolute atomic E-state index is 0.491. The summed E-state index contributed by atoms with van der Waals surface area (Å²) in [5.74, 6) is 12.6. The zero-order valence-electron chi connectivity index (χ0n) is 9.25. The van der Waals surface area contributed by atoms with E-state index in [4.69, 9.17) is 4.74 Å². The first-order chi connectivity index (χ1) is 8.45. The summed E-state index contributed by atoms with van der Waals surface area (Å²) in [6.45, 7) is 1.16.